The Labute approximate surface area is 147 Å². The summed E-state index contributed by atoms with van der Waals surface area (Å²) in [6.07, 6.45) is 8.90. The minimum atomic E-state index is -0.507. The highest BCUT2D eigenvalue weighted by Gasteiger charge is 2.32. The standard InChI is InChI=1S/C10H15NO4.C7H7NS/c1-2-3-4-5-10(14)15-11-8(12)6-7-9(11)13;9-6-3-7-1-4-8-5-2-7/h2-7H2,1H3;1-6,9H/p+1/b;6-3+. The predicted octanol–water partition coefficient (Wildman–Crippen LogP) is 2.58. The molecule has 24 heavy (non-hydrogen) atoms. The Kier molecular flexibility index (Phi) is 9.45. The van der Waals surface area contributed by atoms with Gasteiger partial charge in [-0.3, -0.25) is 9.59 Å². The van der Waals surface area contributed by atoms with Crippen LogP contribution in [0.25, 0.3) is 6.08 Å². The number of carbonyl (C=O) groups is 3. The average Bonchev–Trinajstić information content (AvgIpc) is 2.89. The van der Waals surface area contributed by atoms with Crippen molar-refractivity contribution >= 4 is 36.5 Å². The summed E-state index contributed by atoms with van der Waals surface area (Å²) in [5.74, 6) is -1.36. The summed E-state index contributed by atoms with van der Waals surface area (Å²) in [4.78, 5) is 41.0. The lowest BCUT2D eigenvalue weighted by Crippen LogP contribution is -2.31. The Morgan fingerprint density at radius 3 is 2.42 bits per heavy atom. The van der Waals surface area contributed by atoms with Crippen LogP contribution in [0.2, 0.25) is 0 Å². The Morgan fingerprint density at radius 2 is 1.88 bits per heavy atom. The zero-order chi connectivity index (χ0) is 17.8. The van der Waals surface area contributed by atoms with Gasteiger partial charge in [-0.15, -0.1) is 5.06 Å². The molecule has 1 aliphatic heterocycles. The van der Waals surface area contributed by atoms with Gasteiger partial charge < -0.3 is 4.84 Å². The molecule has 7 heteroatoms. The molecule has 1 aliphatic rings. The van der Waals surface area contributed by atoms with Gasteiger partial charge in [0.05, 0.1) is 0 Å². The van der Waals surface area contributed by atoms with Gasteiger partial charge in [-0.25, -0.2) is 9.78 Å². The number of nitrogens with zero attached hydrogens (tertiary/aromatic N) is 1. The number of thiol groups is 1. The van der Waals surface area contributed by atoms with Crippen molar-refractivity contribution in [3.8, 4) is 0 Å². The number of amides is 2. The topological polar surface area (TPSA) is 77.8 Å². The molecule has 0 spiro atoms. The van der Waals surface area contributed by atoms with Gasteiger partial charge in [0, 0.05) is 31.4 Å². The maximum absolute atomic E-state index is 11.2. The van der Waals surface area contributed by atoms with Crippen LogP contribution in [0.3, 0.4) is 0 Å². The molecule has 2 amide bonds. The summed E-state index contributed by atoms with van der Waals surface area (Å²) in [6.45, 7) is 2.03. The van der Waals surface area contributed by atoms with E-state index in [1.807, 2.05) is 37.5 Å². The smallest absolute Gasteiger partial charge is 0.330 e. The SMILES string of the molecule is CCCCCC(=O)ON1C(=O)CCC1=O.S/C=C/c1cc[nH+]cc1. The normalized spacial score (nSPS) is 13.8. The first-order valence-corrected chi connectivity index (χ1v) is 8.43. The summed E-state index contributed by atoms with van der Waals surface area (Å²) in [6, 6.07) is 3.96. The summed E-state index contributed by atoms with van der Waals surface area (Å²) in [5, 5.41) is 2.31. The Hall–Kier alpha value is -2.15. The molecule has 1 N–H and O–H groups in total. The Bertz CT molecular complexity index is 559. The van der Waals surface area contributed by atoms with E-state index in [9.17, 15) is 14.4 Å². The predicted molar refractivity (Wildman–Crippen MR) is 92.3 cm³/mol. The van der Waals surface area contributed by atoms with Gasteiger partial charge >= 0.3 is 5.97 Å². The first-order valence-electron chi connectivity index (χ1n) is 7.92. The van der Waals surface area contributed by atoms with Crippen molar-refractivity contribution in [2.45, 2.75) is 45.4 Å². The van der Waals surface area contributed by atoms with Gasteiger partial charge in [-0.1, -0.05) is 19.8 Å². The third-order valence-corrected chi connectivity index (χ3v) is 3.34. The van der Waals surface area contributed by atoms with Crippen molar-refractivity contribution in [2.24, 2.45) is 0 Å². The fourth-order valence-electron chi connectivity index (χ4n) is 1.92. The van der Waals surface area contributed by atoms with Gasteiger partial charge in [0.15, 0.2) is 12.4 Å². The number of rotatable bonds is 6. The summed E-state index contributed by atoms with van der Waals surface area (Å²) < 4.78 is 0. The monoisotopic (exact) mass is 351 g/mol. The molecule has 6 nitrogen and oxygen atoms in total. The largest absolute Gasteiger partial charge is 0.333 e. The van der Waals surface area contributed by atoms with E-state index < -0.39 is 17.8 Å². The molecule has 2 heterocycles. The fraction of sp³-hybridized carbons (Fsp3) is 0.412. The van der Waals surface area contributed by atoms with Crippen LogP contribution in [-0.2, 0) is 19.2 Å². The number of aromatic nitrogens is 1. The van der Waals surface area contributed by atoms with Gasteiger partial charge in [-0.05, 0) is 23.5 Å². The molecule has 0 radical (unpaired) electrons. The molecule has 0 atom stereocenters. The van der Waals surface area contributed by atoms with Crippen LogP contribution < -0.4 is 4.98 Å². The number of H-pyrrole nitrogens is 1. The first kappa shape index (κ1) is 19.9. The second-order valence-electron chi connectivity index (χ2n) is 5.15. The van der Waals surface area contributed by atoms with Crippen molar-refractivity contribution < 1.29 is 24.2 Å². The minimum absolute atomic E-state index is 0.140. The number of pyridine rings is 1. The van der Waals surface area contributed by atoms with Gasteiger partial charge in [0.25, 0.3) is 11.8 Å². The van der Waals surface area contributed by atoms with E-state index in [0.29, 0.717) is 5.06 Å². The number of nitrogens with one attached hydrogen (secondary N) is 1. The maximum Gasteiger partial charge on any atom is 0.333 e. The molecule has 1 aromatic rings. The van der Waals surface area contributed by atoms with Crippen LogP contribution >= 0.6 is 12.6 Å². The van der Waals surface area contributed by atoms with E-state index in [-0.39, 0.29) is 19.3 Å². The lowest BCUT2D eigenvalue weighted by Gasteiger charge is -2.12. The van der Waals surface area contributed by atoms with E-state index in [1.165, 1.54) is 0 Å². The lowest BCUT2D eigenvalue weighted by atomic mass is 10.2. The number of aromatic amines is 1. The van der Waals surface area contributed by atoms with Crippen molar-refractivity contribution in [1.29, 1.82) is 0 Å². The lowest BCUT2D eigenvalue weighted by molar-refractivity contribution is -0.378. The van der Waals surface area contributed by atoms with Crippen molar-refractivity contribution in [1.82, 2.24) is 5.06 Å². The quantitative estimate of drug-likeness (QED) is 0.485. The minimum Gasteiger partial charge on any atom is -0.330 e. The van der Waals surface area contributed by atoms with Crippen LogP contribution in [-0.4, -0.2) is 22.8 Å². The summed E-state index contributed by atoms with van der Waals surface area (Å²) >= 11 is 3.94. The van der Waals surface area contributed by atoms with Crippen LogP contribution in [0.15, 0.2) is 29.9 Å². The highest BCUT2D eigenvalue weighted by atomic mass is 32.1. The second kappa shape index (κ2) is 11.4. The zero-order valence-electron chi connectivity index (χ0n) is 13.7. The van der Waals surface area contributed by atoms with E-state index >= 15 is 0 Å². The third-order valence-electron chi connectivity index (χ3n) is 3.19. The highest BCUT2D eigenvalue weighted by Crippen LogP contribution is 2.13. The molecule has 130 valence electrons. The third kappa shape index (κ3) is 7.41. The van der Waals surface area contributed by atoms with Gasteiger partial charge in [0.2, 0.25) is 0 Å². The van der Waals surface area contributed by atoms with Crippen LogP contribution in [0, 0.1) is 0 Å². The summed E-state index contributed by atoms with van der Waals surface area (Å²) in [7, 11) is 0. The Morgan fingerprint density at radius 1 is 1.25 bits per heavy atom. The van der Waals surface area contributed by atoms with Crippen molar-refractivity contribution in [3.05, 3.63) is 35.5 Å². The molecule has 0 aromatic carbocycles. The molecule has 0 aliphatic carbocycles. The molecule has 1 aromatic heterocycles. The summed E-state index contributed by atoms with van der Waals surface area (Å²) in [5.41, 5.74) is 1.16. The molecular formula is C17H23N2O4S+. The van der Waals surface area contributed by atoms with Crippen molar-refractivity contribution in [3.63, 3.8) is 0 Å². The molecule has 0 unspecified atom stereocenters. The molecular weight excluding hydrogens is 328 g/mol. The first-order chi connectivity index (χ1) is 11.6. The van der Waals surface area contributed by atoms with E-state index in [4.69, 9.17) is 0 Å². The molecule has 1 fully saturated rings. The Balaban J connectivity index is 0.000000272. The molecule has 0 bridgehead atoms. The average molecular weight is 351 g/mol. The second-order valence-corrected chi connectivity index (χ2v) is 5.45. The number of hydrogen-bond donors (Lipinski definition) is 1. The molecule has 2 rings (SSSR count). The number of imide groups is 1. The van der Waals surface area contributed by atoms with E-state index in [1.54, 1.807) is 5.41 Å². The van der Waals surface area contributed by atoms with Gasteiger partial charge in [0.1, 0.15) is 0 Å². The van der Waals surface area contributed by atoms with E-state index in [0.717, 1.165) is 24.8 Å². The highest BCUT2D eigenvalue weighted by molar-refractivity contribution is 7.83. The van der Waals surface area contributed by atoms with Gasteiger partial charge in [-0.2, -0.15) is 12.6 Å². The number of unbranched alkanes of at least 4 members (excludes halogenated alkanes) is 2. The number of hydroxylamine groups is 2. The van der Waals surface area contributed by atoms with Crippen LogP contribution in [0.5, 0.6) is 0 Å². The van der Waals surface area contributed by atoms with E-state index in [2.05, 4.69) is 22.5 Å². The van der Waals surface area contributed by atoms with Crippen LogP contribution in [0.1, 0.15) is 51.0 Å². The molecule has 0 saturated carbocycles. The maximum atomic E-state index is 11.2. The van der Waals surface area contributed by atoms with Crippen LogP contribution in [0.4, 0.5) is 0 Å². The number of hydrogen-bond acceptors (Lipinski definition) is 5. The number of carbonyl (C=O) groups excluding carboxylic acids is 3. The fourth-order valence-corrected chi connectivity index (χ4v) is 2.09. The molecule has 1 saturated heterocycles. The van der Waals surface area contributed by atoms with Crippen molar-refractivity contribution in [2.75, 3.05) is 0 Å². The zero-order valence-corrected chi connectivity index (χ0v) is 14.6.